The Kier molecular flexibility index (Phi) is 3.24. The molecule has 98 valence electrons. The molecule has 5 heteroatoms. The maximum atomic E-state index is 13.2. The molecular formula is C14H12BrFN2O. The Bertz CT molecular complexity index is 651. The lowest BCUT2D eigenvalue weighted by Crippen LogP contribution is -2.26. The van der Waals surface area contributed by atoms with Gasteiger partial charge in [0.15, 0.2) is 0 Å². The van der Waals surface area contributed by atoms with Gasteiger partial charge in [-0.3, -0.25) is 9.36 Å². The summed E-state index contributed by atoms with van der Waals surface area (Å²) in [4.78, 5) is 12.5. The van der Waals surface area contributed by atoms with Gasteiger partial charge < -0.3 is 5.32 Å². The molecule has 0 unspecified atom stereocenters. The van der Waals surface area contributed by atoms with Crippen LogP contribution in [0.4, 0.5) is 4.39 Å². The third kappa shape index (κ3) is 2.24. The molecule has 1 aromatic carbocycles. The molecule has 1 N–H and O–H groups in total. The number of fused-ring (bicyclic) bond motifs is 1. The number of benzene rings is 1. The lowest BCUT2D eigenvalue weighted by Gasteiger charge is -2.16. The van der Waals surface area contributed by atoms with Crippen molar-refractivity contribution in [2.75, 3.05) is 6.54 Å². The number of nitrogens with one attached hydrogen (secondary N) is 1. The zero-order valence-corrected chi connectivity index (χ0v) is 11.7. The molecule has 1 aromatic heterocycles. The highest BCUT2D eigenvalue weighted by atomic mass is 79.9. The van der Waals surface area contributed by atoms with E-state index in [1.54, 1.807) is 16.7 Å². The average molecular weight is 323 g/mol. The fourth-order valence-electron chi connectivity index (χ4n) is 2.39. The van der Waals surface area contributed by atoms with Crippen molar-refractivity contribution in [2.45, 2.75) is 13.0 Å². The van der Waals surface area contributed by atoms with Crippen LogP contribution in [0.3, 0.4) is 0 Å². The second-order valence-corrected chi connectivity index (χ2v) is 5.33. The molecule has 3 rings (SSSR count). The standard InChI is InChI=1S/C14H12BrFN2O/c15-13-7-10-8-17-5-4-12(10)18(13)14(19)9-2-1-3-11(16)6-9/h1-3,6-7,17H,4-5,8H2. The summed E-state index contributed by atoms with van der Waals surface area (Å²) in [5.74, 6) is -0.598. The van der Waals surface area contributed by atoms with Crippen molar-refractivity contribution in [2.24, 2.45) is 0 Å². The average Bonchev–Trinajstić information content (AvgIpc) is 2.74. The fraction of sp³-hybridized carbons (Fsp3) is 0.214. The molecule has 0 fully saturated rings. The predicted molar refractivity (Wildman–Crippen MR) is 73.7 cm³/mol. The molecule has 2 aromatic rings. The summed E-state index contributed by atoms with van der Waals surface area (Å²) in [5, 5.41) is 3.26. The molecule has 0 saturated carbocycles. The molecule has 19 heavy (non-hydrogen) atoms. The Labute approximate surface area is 118 Å². The van der Waals surface area contributed by atoms with Gasteiger partial charge in [-0.2, -0.15) is 0 Å². The first-order chi connectivity index (χ1) is 9.16. The van der Waals surface area contributed by atoms with Gasteiger partial charge in [-0.15, -0.1) is 0 Å². The third-order valence-corrected chi connectivity index (χ3v) is 3.86. The largest absolute Gasteiger partial charge is 0.312 e. The quantitative estimate of drug-likeness (QED) is 0.876. The molecule has 2 heterocycles. The van der Waals surface area contributed by atoms with E-state index in [1.165, 1.54) is 12.1 Å². The number of rotatable bonds is 1. The van der Waals surface area contributed by atoms with Crippen LogP contribution in [0.1, 0.15) is 21.6 Å². The van der Waals surface area contributed by atoms with E-state index in [-0.39, 0.29) is 5.91 Å². The Hall–Kier alpha value is -1.46. The van der Waals surface area contributed by atoms with E-state index in [2.05, 4.69) is 21.2 Å². The smallest absolute Gasteiger partial charge is 0.263 e. The summed E-state index contributed by atoms with van der Waals surface area (Å²) in [7, 11) is 0. The summed E-state index contributed by atoms with van der Waals surface area (Å²) in [6, 6.07) is 7.72. The van der Waals surface area contributed by atoms with Crippen LogP contribution in [0.25, 0.3) is 0 Å². The summed E-state index contributed by atoms with van der Waals surface area (Å²) >= 11 is 3.41. The van der Waals surface area contributed by atoms with E-state index in [0.29, 0.717) is 5.56 Å². The van der Waals surface area contributed by atoms with Gasteiger partial charge in [-0.25, -0.2) is 4.39 Å². The molecule has 0 saturated heterocycles. The summed E-state index contributed by atoms with van der Waals surface area (Å²) in [6.07, 6.45) is 0.794. The van der Waals surface area contributed by atoms with Crippen LogP contribution in [0.15, 0.2) is 34.9 Å². The highest BCUT2D eigenvalue weighted by Crippen LogP contribution is 2.25. The van der Waals surface area contributed by atoms with Gasteiger partial charge in [-0.1, -0.05) is 6.07 Å². The number of carbonyl (C=O) groups is 1. The van der Waals surface area contributed by atoms with E-state index in [9.17, 15) is 9.18 Å². The third-order valence-electron chi connectivity index (χ3n) is 3.28. The Morgan fingerprint density at radius 2 is 2.21 bits per heavy atom. The zero-order valence-electron chi connectivity index (χ0n) is 10.1. The van der Waals surface area contributed by atoms with Gasteiger partial charge in [-0.05, 0) is 45.8 Å². The number of nitrogens with zero attached hydrogens (tertiary/aromatic N) is 1. The summed E-state index contributed by atoms with van der Waals surface area (Å²) in [5.41, 5.74) is 2.47. The van der Waals surface area contributed by atoms with Crippen LogP contribution in [-0.2, 0) is 13.0 Å². The lowest BCUT2D eigenvalue weighted by atomic mass is 10.1. The Morgan fingerprint density at radius 3 is 3.00 bits per heavy atom. The first-order valence-corrected chi connectivity index (χ1v) is 6.86. The Balaban J connectivity index is 2.07. The van der Waals surface area contributed by atoms with Crippen LogP contribution in [0.2, 0.25) is 0 Å². The molecule has 0 aliphatic carbocycles. The molecular weight excluding hydrogens is 311 g/mol. The number of hydrogen-bond donors (Lipinski definition) is 1. The van der Waals surface area contributed by atoms with Gasteiger partial charge in [0.2, 0.25) is 0 Å². The van der Waals surface area contributed by atoms with E-state index < -0.39 is 5.82 Å². The van der Waals surface area contributed by atoms with Crippen LogP contribution in [0, 0.1) is 5.82 Å². The van der Waals surface area contributed by atoms with Crippen molar-refractivity contribution in [1.82, 2.24) is 9.88 Å². The molecule has 1 aliphatic heterocycles. The van der Waals surface area contributed by atoms with E-state index >= 15 is 0 Å². The molecule has 3 nitrogen and oxygen atoms in total. The maximum absolute atomic E-state index is 13.2. The fourth-order valence-corrected chi connectivity index (χ4v) is 3.04. The molecule has 0 atom stereocenters. The normalized spacial score (nSPS) is 14.2. The van der Waals surface area contributed by atoms with Crippen LogP contribution < -0.4 is 5.32 Å². The van der Waals surface area contributed by atoms with Gasteiger partial charge >= 0.3 is 0 Å². The number of carbonyl (C=O) groups excluding carboxylic acids is 1. The zero-order chi connectivity index (χ0) is 13.4. The minimum absolute atomic E-state index is 0.200. The van der Waals surface area contributed by atoms with Crippen molar-refractivity contribution in [3.63, 3.8) is 0 Å². The lowest BCUT2D eigenvalue weighted by molar-refractivity contribution is 0.0954. The maximum Gasteiger partial charge on any atom is 0.263 e. The second-order valence-electron chi connectivity index (χ2n) is 4.52. The van der Waals surface area contributed by atoms with E-state index in [1.807, 2.05) is 6.07 Å². The van der Waals surface area contributed by atoms with E-state index in [4.69, 9.17) is 0 Å². The van der Waals surface area contributed by atoms with Gasteiger partial charge in [0.25, 0.3) is 5.91 Å². The van der Waals surface area contributed by atoms with Crippen molar-refractivity contribution >= 4 is 21.8 Å². The predicted octanol–water partition coefficient (Wildman–Crippen LogP) is 2.72. The minimum Gasteiger partial charge on any atom is -0.312 e. The highest BCUT2D eigenvalue weighted by molar-refractivity contribution is 9.10. The van der Waals surface area contributed by atoms with E-state index in [0.717, 1.165) is 35.4 Å². The van der Waals surface area contributed by atoms with Crippen molar-refractivity contribution in [1.29, 1.82) is 0 Å². The van der Waals surface area contributed by atoms with Crippen molar-refractivity contribution in [3.05, 3.63) is 57.6 Å². The van der Waals surface area contributed by atoms with Crippen molar-refractivity contribution < 1.29 is 9.18 Å². The monoisotopic (exact) mass is 322 g/mol. The van der Waals surface area contributed by atoms with Crippen LogP contribution in [0.5, 0.6) is 0 Å². The highest BCUT2D eigenvalue weighted by Gasteiger charge is 2.21. The first-order valence-electron chi connectivity index (χ1n) is 6.07. The van der Waals surface area contributed by atoms with Gasteiger partial charge in [0.1, 0.15) is 5.82 Å². The molecule has 0 spiro atoms. The topological polar surface area (TPSA) is 34.0 Å². The molecule has 0 amide bonds. The molecule has 0 bridgehead atoms. The number of aromatic nitrogens is 1. The molecule has 0 radical (unpaired) electrons. The first kappa shape index (κ1) is 12.6. The number of halogens is 2. The summed E-state index contributed by atoms with van der Waals surface area (Å²) in [6.45, 7) is 1.61. The Morgan fingerprint density at radius 1 is 1.37 bits per heavy atom. The van der Waals surface area contributed by atoms with Crippen molar-refractivity contribution in [3.8, 4) is 0 Å². The second kappa shape index (κ2) is 4.90. The molecule has 1 aliphatic rings. The number of hydrogen-bond acceptors (Lipinski definition) is 2. The summed E-state index contributed by atoms with van der Waals surface area (Å²) < 4.78 is 15.6. The minimum atomic E-state index is -0.398. The van der Waals surface area contributed by atoms with Gasteiger partial charge in [0.05, 0.1) is 4.60 Å². The van der Waals surface area contributed by atoms with Crippen LogP contribution >= 0.6 is 15.9 Å². The SMILES string of the molecule is O=C(c1cccc(F)c1)n1c(Br)cc2c1CCNC2. The van der Waals surface area contributed by atoms with Gasteiger partial charge in [0, 0.05) is 30.8 Å². The van der Waals surface area contributed by atoms with Crippen LogP contribution in [-0.4, -0.2) is 17.0 Å².